The first kappa shape index (κ1) is 13.2. The van der Waals surface area contributed by atoms with Gasteiger partial charge >= 0.3 is 0 Å². The van der Waals surface area contributed by atoms with E-state index in [0.717, 1.165) is 17.8 Å². The first-order valence-electron chi connectivity index (χ1n) is 5.82. The summed E-state index contributed by atoms with van der Waals surface area (Å²) in [5.74, 6) is -1.76. The minimum absolute atomic E-state index is 0.206. The Morgan fingerprint density at radius 3 is 2.74 bits per heavy atom. The van der Waals surface area contributed by atoms with Crippen molar-refractivity contribution in [2.75, 3.05) is 5.32 Å². The Bertz CT molecular complexity index is 622. The van der Waals surface area contributed by atoms with Gasteiger partial charge in [-0.3, -0.25) is 4.79 Å². The molecule has 0 fully saturated rings. The van der Waals surface area contributed by atoms with Crippen LogP contribution in [0.2, 0.25) is 0 Å². The van der Waals surface area contributed by atoms with E-state index in [0.29, 0.717) is 18.4 Å². The third-order valence-electron chi connectivity index (χ3n) is 2.62. The molecule has 100 valence electrons. The van der Waals surface area contributed by atoms with Gasteiger partial charge in [0.25, 0.3) is 5.91 Å². The van der Waals surface area contributed by atoms with Gasteiger partial charge in [0, 0.05) is 18.7 Å². The van der Waals surface area contributed by atoms with E-state index in [2.05, 4.69) is 10.4 Å². The van der Waals surface area contributed by atoms with Gasteiger partial charge in [0.15, 0.2) is 0 Å². The van der Waals surface area contributed by atoms with Crippen LogP contribution in [0.5, 0.6) is 0 Å². The van der Waals surface area contributed by atoms with Crippen LogP contribution in [0.4, 0.5) is 14.6 Å². The summed E-state index contributed by atoms with van der Waals surface area (Å²) in [5, 5.41) is 6.72. The van der Waals surface area contributed by atoms with Gasteiger partial charge in [-0.25, -0.2) is 13.5 Å². The highest BCUT2D eigenvalue weighted by molar-refractivity contribution is 6.04. The molecule has 2 aromatic rings. The topological polar surface area (TPSA) is 46.9 Å². The van der Waals surface area contributed by atoms with Gasteiger partial charge < -0.3 is 5.32 Å². The number of carbonyl (C=O) groups is 1. The number of nitrogens with zero attached hydrogens (tertiary/aromatic N) is 2. The lowest BCUT2D eigenvalue weighted by Gasteiger charge is -2.07. The van der Waals surface area contributed by atoms with Gasteiger partial charge in [0.05, 0.1) is 11.3 Å². The second-order valence-corrected chi connectivity index (χ2v) is 4.07. The van der Waals surface area contributed by atoms with Gasteiger partial charge in [0.1, 0.15) is 17.5 Å². The molecule has 0 unspecified atom stereocenters. The number of nitrogens with one attached hydrogen (secondary N) is 1. The van der Waals surface area contributed by atoms with Crippen molar-refractivity contribution in [3.05, 3.63) is 47.2 Å². The first-order valence-corrected chi connectivity index (χ1v) is 5.82. The number of hydrogen-bond acceptors (Lipinski definition) is 2. The molecule has 19 heavy (non-hydrogen) atoms. The Labute approximate surface area is 109 Å². The number of aromatic nitrogens is 2. The minimum Gasteiger partial charge on any atom is -0.307 e. The van der Waals surface area contributed by atoms with Gasteiger partial charge in [-0.2, -0.15) is 5.10 Å². The Kier molecular flexibility index (Phi) is 3.59. The van der Waals surface area contributed by atoms with Crippen molar-refractivity contribution in [2.24, 2.45) is 0 Å². The standard InChI is InChI=1S/C13H13F2N3O/c1-3-18-12(6-8(2)17-18)16-13(19)10-5-4-9(14)7-11(10)15/h4-7H,3H2,1-2H3,(H,16,19). The number of aryl methyl sites for hydroxylation is 2. The second-order valence-electron chi connectivity index (χ2n) is 4.07. The Balaban J connectivity index is 2.25. The smallest absolute Gasteiger partial charge is 0.259 e. The quantitative estimate of drug-likeness (QED) is 0.927. The molecular weight excluding hydrogens is 252 g/mol. The summed E-state index contributed by atoms with van der Waals surface area (Å²) in [6.07, 6.45) is 0. The molecule has 1 aromatic heterocycles. The normalized spacial score (nSPS) is 10.5. The van der Waals surface area contributed by atoms with Crippen molar-refractivity contribution in [2.45, 2.75) is 20.4 Å². The van der Waals surface area contributed by atoms with Gasteiger partial charge in [-0.05, 0) is 26.0 Å². The maximum absolute atomic E-state index is 13.5. The van der Waals surface area contributed by atoms with Gasteiger partial charge in [-0.1, -0.05) is 0 Å². The lowest BCUT2D eigenvalue weighted by Crippen LogP contribution is -2.16. The molecule has 0 spiro atoms. The number of hydrogen-bond donors (Lipinski definition) is 1. The number of anilines is 1. The van der Waals surface area contributed by atoms with Crippen molar-refractivity contribution in [3.8, 4) is 0 Å². The molecule has 0 aliphatic carbocycles. The zero-order valence-electron chi connectivity index (χ0n) is 10.6. The van der Waals surface area contributed by atoms with E-state index in [9.17, 15) is 13.6 Å². The summed E-state index contributed by atoms with van der Waals surface area (Å²) < 4.78 is 27.8. The highest BCUT2D eigenvalue weighted by Gasteiger charge is 2.14. The zero-order chi connectivity index (χ0) is 14.0. The van der Waals surface area contributed by atoms with Crippen LogP contribution < -0.4 is 5.32 Å². The van der Waals surface area contributed by atoms with Crippen LogP contribution in [0.1, 0.15) is 23.0 Å². The molecule has 1 aromatic carbocycles. The molecule has 6 heteroatoms. The summed E-state index contributed by atoms with van der Waals surface area (Å²) in [7, 11) is 0. The molecule has 4 nitrogen and oxygen atoms in total. The van der Waals surface area contributed by atoms with Crippen LogP contribution >= 0.6 is 0 Å². The molecule has 1 heterocycles. The number of carbonyl (C=O) groups excluding carboxylic acids is 1. The number of rotatable bonds is 3. The average Bonchev–Trinajstić information content (AvgIpc) is 2.69. The summed E-state index contributed by atoms with van der Waals surface area (Å²) in [6.45, 7) is 4.25. The molecule has 2 rings (SSSR count). The SMILES string of the molecule is CCn1nc(C)cc1NC(=O)c1ccc(F)cc1F. The lowest BCUT2D eigenvalue weighted by molar-refractivity contribution is 0.102. The highest BCUT2D eigenvalue weighted by Crippen LogP contribution is 2.14. The van der Waals surface area contributed by atoms with Crippen molar-refractivity contribution in [1.82, 2.24) is 9.78 Å². The molecule has 0 saturated heterocycles. The molecule has 1 N–H and O–H groups in total. The Morgan fingerprint density at radius 1 is 1.37 bits per heavy atom. The molecule has 0 saturated carbocycles. The van der Waals surface area contributed by atoms with Gasteiger partial charge in [-0.15, -0.1) is 0 Å². The predicted molar refractivity (Wildman–Crippen MR) is 66.9 cm³/mol. The molecule has 1 amide bonds. The van der Waals surface area contributed by atoms with Crippen molar-refractivity contribution in [3.63, 3.8) is 0 Å². The predicted octanol–water partition coefficient (Wildman–Crippen LogP) is 2.74. The minimum atomic E-state index is -0.892. The Morgan fingerprint density at radius 2 is 2.11 bits per heavy atom. The average molecular weight is 265 g/mol. The molecule has 0 radical (unpaired) electrons. The van der Waals surface area contributed by atoms with E-state index in [-0.39, 0.29) is 5.56 Å². The molecule has 0 atom stereocenters. The fourth-order valence-corrected chi connectivity index (χ4v) is 1.74. The van der Waals surface area contributed by atoms with Crippen LogP contribution in [0.15, 0.2) is 24.3 Å². The highest BCUT2D eigenvalue weighted by atomic mass is 19.1. The number of halogens is 2. The maximum atomic E-state index is 13.5. The van der Waals surface area contributed by atoms with Crippen molar-refractivity contribution in [1.29, 1.82) is 0 Å². The summed E-state index contributed by atoms with van der Waals surface area (Å²) >= 11 is 0. The molecule has 0 aliphatic rings. The monoisotopic (exact) mass is 265 g/mol. The number of amides is 1. The third-order valence-corrected chi connectivity index (χ3v) is 2.62. The fraction of sp³-hybridized carbons (Fsp3) is 0.231. The maximum Gasteiger partial charge on any atom is 0.259 e. The van der Waals surface area contributed by atoms with E-state index < -0.39 is 17.5 Å². The fourth-order valence-electron chi connectivity index (χ4n) is 1.74. The van der Waals surface area contributed by atoms with Crippen LogP contribution in [0, 0.1) is 18.6 Å². The molecule has 0 aliphatic heterocycles. The summed E-state index contributed by atoms with van der Waals surface area (Å²) in [5.41, 5.74) is 0.541. The summed E-state index contributed by atoms with van der Waals surface area (Å²) in [4.78, 5) is 11.9. The van der Waals surface area contributed by atoms with Crippen molar-refractivity contribution < 1.29 is 13.6 Å². The third kappa shape index (κ3) is 2.78. The summed E-state index contributed by atoms with van der Waals surface area (Å²) in [6, 6.07) is 4.51. The first-order chi connectivity index (χ1) is 9.01. The van der Waals surface area contributed by atoms with E-state index in [1.807, 2.05) is 6.92 Å². The van der Waals surface area contributed by atoms with Crippen LogP contribution in [-0.4, -0.2) is 15.7 Å². The van der Waals surface area contributed by atoms with E-state index >= 15 is 0 Å². The lowest BCUT2D eigenvalue weighted by atomic mass is 10.2. The van der Waals surface area contributed by atoms with Crippen LogP contribution in [-0.2, 0) is 6.54 Å². The van der Waals surface area contributed by atoms with E-state index in [1.54, 1.807) is 17.7 Å². The van der Waals surface area contributed by atoms with Crippen LogP contribution in [0.25, 0.3) is 0 Å². The molecular formula is C13H13F2N3O. The van der Waals surface area contributed by atoms with Crippen molar-refractivity contribution >= 4 is 11.7 Å². The van der Waals surface area contributed by atoms with E-state index in [1.165, 1.54) is 0 Å². The number of benzene rings is 1. The van der Waals surface area contributed by atoms with E-state index in [4.69, 9.17) is 0 Å². The largest absolute Gasteiger partial charge is 0.307 e. The second kappa shape index (κ2) is 5.17. The van der Waals surface area contributed by atoms with Gasteiger partial charge in [0.2, 0.25) is 0 Å². The Hall–Kier alpha value is -2.24. The van der Waals surface area contributed by atoms with Crippen LogP contribution in [0.3, 0.4) is 0 Å². The zero-order valence-corrected chi connectivity index (χ0v) is 10.6. The molecule has 0 bridgehead atoms.